The Morgan fingerprint density at radius 2 is 1.70 bits per heavy atom. The Kier molecular flexibility index (Phi) is 4.34. The molecule has 0 spiro atoms. The minimum absolute atomic E-state index is 0.512. The molecule has 1 heterocycles. The predicted octanol–water partition coefficient (Wildman–Crippen LogP) is 4.45. The van der Waals surface area contributed by atoms with Crippen LogP contribution in [0.4, 0.5) is 5.69 Å². The van der Waals surface area contributed by atoms with E-state index in [9.17, 15) is 0 Å². The van der Waals surface area contributed by atoms with E-state index in [1.807, 2.05) is 0 Å². The molecule has 2 aromatic rings. The van der Waals surface area contributed by atoms with E-state index >= 15 is 0 Å². The molecule has 1 fully saturated rings. The molecule has 1 unspecified atom stereocenters. The van der Waals surface area contributed by atoms with Crippen molar-refractivity contribution in [1.29, 1.82) is 0 Å². The van der Waals surface area contributed by atoms with Crippen LogP contribution in [0.15, 0.2) is 48.5 Å². The van der Waals surface area contributed by atoms with Gasteiger partial charge >= 0.3 is 0 Å². The predicted molar refractivity (Wildman–Crippen MR) is 96.8 cm³/mol. The highest BCUT2D eigenvalue weighted by Gasteiger charge is 2.19. The Hall–Kier alpha value is -1.80. The van der Waals surface area contributed by atoms with Crippen molar-refractivity contribution in [3.05, 3.63) is 65.2 Å². The summed E-state index contributed by atoms with van der Waals surface area (Å²) in [6.45, 7) is 3.40. The number of nitrogens with zero attached hydrogens (tertiary/aromatic N) is 1. The number of rotatable bonds is 4. The zero-order valence-corrected chi connectivity index (χ0v) is 13.8. The van der Waals surface area contributed by atoms with Gasteiger partial charge < -0.3 is 10.2 Å². The summed E-state index contributed by atoms with van der Waals surface area (Å²) in [7, 11) is 0. The van der Waals surface area contributed by atoms with Gasteiger partial charge in [0.2, 0.25) is 0 Å². The zero-order chi connectivity index (χ0) is 15.5. The second-order valence-corrected chi connectivity index (χ2v) is 6.89. The Morgan fingerprint density at radius 1 is 0.913 bits per heavy atom. The molecular weight excluding hydrogens is 280 g/mol. The lowest BCUT2D eigenvalue weighted by molar-refractivity contribution is 0.459. The van der Waals surface area contributed by atoms with Gasteiger partial charge in [-0.1, -0.05) is 36.4 Å². The fraction of sp³-hybridized carbons (Fsp3) is 0.429. The normalized spacial score (nSPS) is 20.5. The van der Waals surface area contributed by atoms with Gasteiger partial charge in [0.05, 0.1) is 0 Å². The maximum absolute atomic E-state index is 3.77. The highest BCUT2D eigenvalue weighted by molar-refractivity contribution is 5.48. The molecule has 0 aromatic heterocycles. The molecule has 1 saturated heterocycles. The molecule has 2 nitrogen and oxygen atoms in total. The molecule has 23 heavy (non-hydrogen) atoms. The van der Waals surface area contributed by atoms with E-state index in [0.29, 0.717) is 6.04 Å². The van der Waals surface area contributed by atoms with E-state index in [2.05, 4.69) is 58.7 Å². The van der Waals surface area contributed by atoms with Crippen molar-refractivity contribution in [2.75, 3.05) is 18.0 Å². The minimum atomic E-state index is 0.512. The molecule has 0 amide bonds. The molecule has 0 bridgehead atoms. The number of hydrogen-bond donors (Lipinski definition) is 1. The molecule has 1 atom stereocenters. The molecule has 1 aliphatic carbocycles. The molecule has 2 heteroatoms. The summed E-state index contributed by atoms with van der Waals surface area (Å²) in [6.07, 6.45) is 6.46. The first-order valence-electron chi connectivity index (χ1n) is 9.05. The van der Waals surface area contributed by atoms with Crippen molar-refractivity contribution in [2.45, 2.75) is 44.7 Å². The first-order valence-corrected chi connectivity index (χ1v) is 9.05. The Labute approximate surface area is 139 Å². The average Bonchev–Trinajstić information content (AvgIpc) is 3.15. The third-order valence-corrected chi connectivity index (χ3v) is 5.33. The molecule has 0 radical (unpaired) electrons. The summed E-state index contributed by atoms with van der Waals surface area (Å²) in [4.78, 5) is 2.49. The number of nitrogens with one attached hydrogen (secondary N) is 1. The summed E-state index contributed by atoms with van der Waals surface area (Å²) in [5.74, 6) is 0. The van der Waals surface area contributed by atoms with E-state index in [0.717, 1.165) is 6.54 Å². The van der Waals surface area contributed by atoms with Crippen LogP contribution in [0.25, 0.3) is 0 Å². The van der Waals surface area contributed by atoms with Crippen LogP contribution in [0.1, 0.15) is 48.4 Å². The number of anilines is 1. The summed E-state index contributed by atoms with van der Waals surface area (Å²) < 4.78 is 0. The summed E-state index contributed by atoms with van der Waals surface area (Å²) in [5.41, 5.74) is 5.80. The Morgan fingerprint density at radius 3 is 2.52 bits per heavy atom. The molecule has 2 aliphatic rings. The van der Waals surface area contributed by atoms with Crippen molar-refractivity contribution in [3.63, 3.8) is 0 Å². The van der Waals surface area contributed by atoms with Gasteiger partial charge in [0, 0.05) is 31.4 Å². The van der Waals surface area contributed by atoms with Gasteiger partial charge in [-0.05, 0) is 60.9 Å². The molecule has 1 aliphatic heterocycles. The summed E-state index contributed by atoms with van der Waals surface area (Å²) in [6, 6.07) is 18.6. The first kappa shape index (κ1) is 14.8. The van der Waals surface area contributed by atoms with Gasteiger partial charge in [0.25, 0.3) is 0 Å². The SMILES string of the molecule is c1ccc2c(c1)CCCC2NCc1ccc(N2CCCC2)cc1. The highest BCUT2D eigenvalue weighted by atomic mass is 15.1. The van der Waals surface area contributed by atoms with Gasteiger partial charge in [-0.3, -0.25) is 0 Å². The average molecular weight is 306 g/mol. The van der Waals surface area contributed by atoms with E-state index in [1.165, 1.54) is 67.6 Å². The lowest BCUT2D eigenvalue weighted by Crippen LogP contribution is -2.24. The van der Waals surface area contributed by atoms with Gasteiger partial charge in [-0.15, -0.1) is 0 Å². The van der Waals surface area contributed by atoms with Crippen LogP contribution in [0.2, 0.25) is 0 Å². The monoisotopic (exact) mass is 306 g/mol. The number of benzene rings is 2. The maximum atomic E-state index is 3.77. The molecule has 1 N–H and O–H groups in total. The lowest BCUT2D eigenvalue weighted by atomic mass is 9.87. The standard InChI is InChI=1S/C21H26N2/c1-2-8-20-18(6-1)7-5-9-21(20)22-16-17-10-12-19(13-11-17)23-14-3-4-15-23/h1-2,6,8,10-13,21-22H,3-5,7,9,14-16H2. The van der Waals surface area contributed by atoms with Crippen LogP contribution in [0.5, 0.6) is 0 Å². The van der Waals surface area contributed by atoms with Crippen molar-refractivity contribution >= 4 is 5.69 Å². The third-order valence-electron chi connectivity index (χ3n) is 5.33. The topological polar surface area (TPSA) is 15.3 Å². The smallest absolute Gasteiger partial charge is 0.0366 e. The van der Waals surface area contributed by atoms with Gasteiger partial charge in [0.1, 0.15) is 0 Å². The lowest BCUT2D eigenvalue weighted by Gasteiger charge is -2.26. The fourth-order valence-corrected chi connectivity index (χ4v) is 4.01. The number of fused-ring (bicyclic) bond motifs is 1. The van der Waals surface area contributed by atoms with Crippen molar-refractivity contribution in [1.82, 2.24) is 5.32 Å². The molecule has 120 valence electrons. The second kappa shape index (κ2) is 6.76. The largest absolute Gasteiger partial charge is 0.372 e. The fourth-order valence-electron chi connectivity index (χ4n) is 4.01. The zero-order valence-electron chi connectivity index (χ0n) is 13.8. The second-order valence-electron chi connectivity index (χ2n) is 6.89. The summed E-state index contributed by atoms with van der Waals surface area (Å²) >= 11 is 0. The van der Waals surface area contributed by atoms with Crippen LogP contribution >= 0.6 is 0 Å². The van der Waals surface area contributed by atoms with Gasteiger partial charge in [-0.2, -0.15) is 0 Å². The van der Waals surface area contributed by atoms with E-state index in [-0.39, 0.29) is 0 Å². The molecule has 0 saturated carbocycles. The number of hydrogen-bond acceptors (Lipinski definition) is 2. The van der Waals surface area contributed by atoms with Crippen molar-refractivity contribution < 1.29 is 0 Å². The molecule has 4 rings (SSSR count). The Balaban J connectivity index is 1.39. The summed E-state index contributed by atoms with van der Waals surface area (Å²) in [5, 5.41) is 3.77. The van der Waals surface area contributed by atoms with Crippen LogP contribution in [0, 0.1) is 0 Å². The minimum Gasteiger partial charge on any atom is -0.372 e. The quantitative estimate of drug-likeness (QED) is 0.897. The van der Waals surface area contributed by atoms with Crippen molar-refractivity contribution in [2.24, 2.45) is 0 Å². The Bertz CT molecular complexity index is 641. The van der Waals surface area contributed by atoms with Crippen LogP contribution < -0.4 is 10.2 Å². The number of aryl methyl sites for hydroxylation is 1. The van der Waals surface area contributed by atoms with Gasteiger partial charge in [-0.25, -0.2) is 0 Å². The van der Waals surface area contributed by atoms with Crippen molar-refractivity contribution in [3.8, 4) is 0 Å². The highest BCUT2D eigenvalue weighted by Crippen LogP contribution is 2.29. The van der Waals surface area contributed by atoms with E-state index in [1.54, 1.807) is 0 Å². The van der Waals surface area contributed by atoms with Crippen LogP contribution in [-0.2, 0) is 13.0 Å². The molecular formula is C21H26N2. The van der Waals surface area contributed by atoms with E-state index < -0.39 is 0 Å². The van der Waals surface area contributed by atoms with Gasteiger partial charge in [0.15, 0.2) is 0 Å². The molecule has 2 aromatic carbocycles. The van der Waals surface area contributed by atoms with Crippen LogP contribution in [-0.4, -0.2) is 13.1 Å². The third kappa shape index (κ3) is 3.28. The van der Waals surface area contributed by atoms with E-state index in [4.69, 9.17) is 0 Å². The first-order chi connectivity index (χ1) is 11.4. The van der Waals surface area contributed by atoms with Crippen LogP contribution in [0.3, 0.4) is 0 Å². The maximum Gasteiger partial charge on any atom is 0.0366 e.